The summed E-state index contributed by atoms with van der Waals surface area (Å²) >= 11 is 0. The Bertz CT molecular complexity index is 646. The molecule has 4 heteroatoms. The first-order chi connectivity index (χ1) is 10.7. The van der Waals surface area contributed by atoms with E-state index in [0.717, 1.165) is 16.8 Å². The molecule has 0 saturated carbocycles. The van der Waals surface area contributed by atoms with Gasteiger partial charge in [0.05, 0.1) is 11.8 Å². The highest BCUT2D eigenvalue weighted by Gasteiger charge is 2.13. The van der Waals surface area contributed by atoms with Crippen molar-refractivity contribution in [1.29, 1.82) is 5.26 Å². The number of carbonyl (C=O) groups excluding carboxylic acids is 1. The summed E-state index contributed by atoms with van der Waals surface area (Å²) in [4.78, 5) is 15.7. The normalized spacial score (nSPS) is 11.2. The van der Waals surface area contributed by atoms with Gasteiger partial charge in [0.25, 0.3) is 0 Å². The summed E-state index contributed by atoms with van der Waals surface area (Å²) in [6.45, 7) is 0.375. The molecule has 0 heterocycles. The van der Waals surface area contributed by atoms with Crippen LogP contribution in [0.2, 0.25) is 0 Å². The molecule has 0 fully saturated rings. The Morgan fingerprint density at radius 3 is 1.95 bits per heavy atom. The zero-order valence-corrected chi connectivity index (χ0v) is 12.1. The minimum absolute atomic E-state index is 0.328. The van der Waals surface area contributed by atoms with E-state index >= 15 is 0 Å². The number of hydrogen-bond acceptors (Lipinski definition) is 3. The van der Waals surface area contributed by atoms with Gasteiger partial charge in [-0.2, -0.15) is 5.26 Å². The predicted molar refractivity (Wildman–Crippen MR) is 86.3 cm³/mol. The van der Waals surface area contributed by atoms with Gasteiger partial charge in [0.1, 0.15) is 5.92 Å². The molecule has 0 spiro atoms. The highest BCUT2D eigenvalue weighted by Crippen LogP contribution is 2.12. The van der Waals surface area contributed by atoms with Gasteiger partial charge in [0.2, 0.25) is 5.91 Å². The summed E-state index contributed by atoms with van der Waals surface area (Å²) in [5.41, 5.74) is 8.03. The van der Waals surface area contributed by atoms with Crippen LogP contribution < -0.4 is 5.73 Å². The van der Waals surface area contributed by atoms with Crippen LogP contribution >= 0.6 is 0 Å². The van der Waals surface area contributed by atoms with Crippen molar-refractivity contribution in [3.05, 3.63) is 71.8 Å². The Labute approximate surface area is 129 Å². The first kappa shape index (κ1) is 15.5. The zero-order valence-electron chi connectivity index (χ0n) is 12.1. The van der Waals surface area contributed by atoms with Crippen LogP contribution in [0.25, 0.3) is 0 Å². The smallest absolute Gasteiger partial charge is 0.234 e. The van der Waals surface area contributed by atoms with Crippen molar-refractivity contribution in [2.45, 2.75) is 6.42 Å². The topological polar surface area (TPSA) is 79.2 Å². The number of carbonyl (C=O) groups is 1. The summed E-state index contributed by atoms with van der Waals surface area (Å²) in [5.74, 6) is -1.39. The third-order valence-electron chi connectivity index (χ3n) is 3.28. The molecule has 0 radical (unpaired) electrons. The lowest BCUT2D eigenvalue weighted by molar-refractivity contribution is -0.120. The monoisotopic (exact) mass is 291 g/mol. The molecule has 4 nitrogen and oxygen atoms in total. The standard InChI is InChI=1S/C18H17N3O/c19-13-16(18(20)22)11-12-21-17(14-7-3-1-4-8-14)15-9-5-2-6-10-15/h1-10,16H,11-12H2,(H2,20,22). The first-order valence-corrected chi connectivity index (χ1v) is 7.06. The molecule has 110 valence electrons. The molecule has 0 aliphatic heterocycles. The number of hydrogen-bond donors (Lipinski definition) is 1. The minimum atomic E-state index is -0.795. The molecular weight excluding hydrogens is 274 g/mol. The van der Waals surface area contributed by atoms with Gasteiger partial charge in [-0.05, 0) is 6.42 Å². The maximum absolute atomic E-state index is 11.1. The maximum Gasteiger partial charge on any atom is 0.234 e. The van der Waals surface area contributed by atoms with E-state index < -0.39 is 11.8 Å². The van der Waals surface area contributed by atoms with Gasteiger partial charge in [-0.1, -0.05) is 60.7 Å². The molecule has 0 saturated heterocycles. The summed E-state index contributed by atoms with van der Waals surface area (Å²) in [6.07, 6.45) is 0.328. The highest BCUT2D eigenvalue weighted by atomic mass is 16.1. The van der Waals surface area contributed by atoms with Crippen molar-refractivity contribution in [2.75, 3.05) is 6.54 Å². The molecule has 2 aromatic carbocycles. The van der Waals surface area contributed by atoms with E-state index in [1.54, 1.807) is 0 Å². The van der Waals surface area contributed by atoms with Crippen molar-refractivity contribution in [2.24, 2.45) is 16.6 Å². The van der Waals surface area contributed by atoms with Gasteiger partial charge in [-0.3, -0.25) is 9.79 Å². The number of nitrogens with two attached hydrogens (primary N) is 1. The van der Waals surface area contributed by atoms with Crippen LogP contribution in [0.15, 0.2) is 65.7 Å². The highest BCUT2D eigenvalue weighted by molar-refractivity contribution is 6.12. The quantitative estimate of drug-likeness (QED) is 0.830. The summed E-state index contributed by atoms with van der Waals surface area (Å²) < 4.78 is 0. The number of nitriles is 1. The number of aliphatic imine (C=N–C) groups is 1. The lowest BCUT2D eigenvalue weighted by atomic mass is 10.0. The fourth-order valence-corrected chi connectivity index (χ4v) is 2.12. The van der Waals surface area contributed by atoms with Crippen LogP contribution in [0, 0.1) is 17.2 Å². The maximum atomic E-state index is 11.1. The van der Waals surface area contributed by atoms with Gasteiger partial charge in [-0.25, -0.2) is 0 Å². The van der Waals surface area contributed by atoms with Crippen molar-refractivity contribution < 1.29 is 4.79 Å². The van der Waals surface area contributed by atoms with E-state index in [1.165, 1.54) is 0 Å². The van der Waals surface area contributed by atoms with Gasteiger partial charge in [-0.15, -0.1) is 0 Å². The minimum Gasteiger partial charge on any atom is -0.369 e. The molecule has 0 bridgehead atoms. The SMILES string of the molecule is N#CC(CCN=C(c1ccccc1)c1ccccc1)C(N)=O. The van der Waals surface area contributed by atoms with Crippen LogP contribution in [0.4, 0.5) is 0 Å². The Balaban J connectivity index is 2.24. The van der Waals surface area contributed by atoms with E-state index in [2.05, 4.69) is 4.99 Å². The second-order valence-electron chi connectivity index (χ2n) is 4.84. The van der Waals surface area contributed by atoms with Gasteiger partial charge in [0.15, 0.2) is 0 Å². The summed E-state index contributed by atoms with van der Waals surface area (Å²) in [7, 11) is 0. The number of benzene rings is 2. The lowest BCUT2D eigenvalue weighted by Crippen LogP contribution is -2.22. The molecule has 1 atom stereocenters. The molecule has 2 rings (SSSR count). The van der Waals surface area contributed by atoms with E-state index in [0.29, 0.717) is 13.0 Å². The van der Waals surface area contributed by atoms with Crippen molar-refractivity contribution in [3.8, 4) is 6.07 Å². The molecule has 1 amide bonds. The second-order valence-corrected chi connectivity index (χ2v) is 4.84. The Hall–Kier alpha value is -2.93. The van der Waals surface area contributed by atoms with E-state index in [-0.39, 0.29) is 0 Å². The number of amides is 1. The molecule has 0 aliphatic rings. The Morgan fingerprint density at radius 2 is 1.55 bits per heavy atom. The zero-order chi connectivity index (χ0) is 15.8. The Kier molecular flexibility index (Phi) is 5.44. The van der Waals surface area contributed by atoms with Crippen LogP contribution in [-0.4, -0.2) is 18.2 Å². The van der Waals surface area contributed by atoms with Crippen molar-refractivity contribution >= 4 is 11.6 Å². The molecule has 2 N–H and O–H groups in total. The molecular formula is C18H17N3O. The van der Waals surface area contributed by atoms with Crippen molar-refractivity contribution in [3.63, 3.8) is 0 Å². The third-order valence-corrected chi connectivity index (χ3v) is 3.28. The average molecular weight is 291 g/mol. The van der Waals surface area contributed by atoms with E-state index in [9.17, 15) is 4.79 Å². The van der Waals surface area contributed by atoms with Crippen LogP contribution in [0.3, 0.4) is 0 Å². The average Bonchev–Trinajstić information content (AvgIpc) is 2.56. The fraction of sp³-hybridized carbons (Fsp3) is 0.167. The Morgan fingerprint density at radius 1 is 1.05 bits per heavy atom. The molecule has 0 aliphatic carbocycles. The van der Waals surface area contributed by atoms with E-state index in [1.807, 2.05) is 66.7 Å². The fourth-order valence-electron chi connectivity index (χ4n) is 2.12. The van der Waals surface area contributed by atoms with Gasteiger partial charge >= 0.3 is 0 Å². The number of nitrogens with zero attached hydrogens (tertiary/aromatic N) is 2. The largest absolute Gasteiger partial charge is 0.369 e. The number of primary amides is 1. The van der Waals surface area contributed by atoms with Gasteiger partial charge < -0.3 is 5.73 Å². The first-order valence-electron chi connectivity index (χ1n) is 7.06. The molecule has 22 heavy (non-hydrogen) atoms. The van der Waals surface area contributed by atoms with Crippen LogP contribution in [0.1, 0.15) is 17.5 Å². The van der Waals surface area contributed by atoms with Gasteiger partial charge in [0, 0.05) is 17.7 Å². The van der Waals surface area contributed by atoms with E-state index in [4.69, 9.17) is 11.0 Å². The molecule has 1 unspecified atom stereocenters. The third kappa shape index (κ3) is 4.03. The summed E-state index contributed by atoms with van der Waals surface area (Å²) in [6, 6.07) is 21.6. The number of rotatable bonds is 6. The lowest BCUT2D eigenvalue weighted by Gasteiger charge is -2.08. The summed E-state index contributed by atoms with van der Waals surface area (Å²) in [5, 5.41) is 8.90. The predicted octanol–water partition coefficient (Wildman–Crippen LogP) is 2.54. The second kappa shape index (κ2) is 7.75. The molecule has 2 aromatic rings. The molecule has 0 aromatic heterocycles. The van der Waals surface area contributed by atoms with Crippen LogP contribution in [0.5, 0.6) is 0 Å². The van der Waals surface area contributed by atoms with Crippen molar-refractivity contribution in [1.82, 2.24) is 0 Å². The van der Waals surface area contributed by atoms with Crippen LogP contribution in [-0.2, 0) is 4.79 Å².